The fourth-order valence-electron chi connectivity index (χ4n) is 7.20. The van der Waals surface area contributed by atoms with Gasteiger partial charge in [-0.3, -0.25) is 0 Å². The van der Waals surface area contributed by atoms with E-state index in [9.17, 15) is 0 Å². The Hall–Kier alpha value is -6.91. The first kappa shape index (κ1) is 29.0. The maximum Gasteiger partial charge on any atom is 0.164 e. The molecule has 0 saturated heterocycles. The minimum absolute atomic E-state index is 0.613. The molecule has 238 valence electrons. The number of furan rings is 1. The molecular weight excluding hydrogens is 623 g/mol. The Labute approximate surface area is 294 Å². The van der Waals surface area contributed by atoms with Crippen molar-refractivity contribution in [2.75, 3.05) is 0 Å². The molecule has 0 atom stereocenters. The van der Waals surface area contributed by atoms with Gasteiger partial charge in [-0.25, -0.2) is 15.0 Å². The smallest absolute Gasteiger partial charge is 0.164 e. The second-order valence-corrected chi connectivity index (χ2v) is 12.8. The quantitative estimate of drug-likeness (QED) is 0.186. The third-order valence-electron chi connectivity index (χ3n) is 9.74. The second kappa shape index (κ2) is 11.9. The SMILES string of the molecule is c1ccc(-c2ccc(-c3nc(-c4cccc5ccccc45)nc(-c4cc5c6cc(-c7ccccc7)ccc6oc5c5ccccc45)n3)cc2)cc1. The topological polar surface area (TPSA) is 51.8 Å². The van der Waals surface area contributed by atoms with Crippen LogP contribution in [0.15, 0.2) is 180 Å². The number of hydrogen-bond donors (Lipinski definition) is 0. The van der Waals surface area contributed by atoms with Crippen LogP contribution in [-0.4, -0.2) is 15.0 Å². The van der Waals surface area contributed by atoms with Crippen LogP contribution >= 0.6 is 0 Å². The van der Waals surface area contributed by atoms with Gasteiger partial charge in [0, 0.05) is 32.8 Å². The summed E-state index contributed by atoms with van der Waals surface area (Å²) < 4.78 is 6.58. The molecule has 10 aromatic rings. The number of fused-ring (bicyclic) bond motifs is 6. The van der Waals surface area contributed by atoms with Crippen LogP contribution in [0.2, 0.25) is 0 Å². The fraction of sp³-hybridized carbons (Fsp3) is 0. The molecule has 10 rings (SSSR count). The van der Waals surface area contributed by atoms with Crippen molar-refractivity contribution < 1.29 is 4.42 Å². The van der Waals surface area contributed by atoms with Gasteiger partial charge in [-0.2, -0.15) is 0 Å². The van der Waals surface area contributed by atoms with E-state index in [0.29, 0.717) is 17.5 Å². The molecule has 0 aliphatic carbocycles. The van der Waals surface area contributed by atoms with Gasteiger partial charge in [0.1, 0.15) is 11.2 Å². The predicted octanol–water partition coefficient (Wildman–Crippen LogP) is 12.4. The molecule has 0 spiro atoms. The molecule has 2 heterocycles. The van der Waals surface area contributed by atoms with E-state index in [1.807, 2.05) is 12.1 Å². The van der Waals surface area contributed by atoms with E-state index < -0.39 is 0 Å². The molecule has 0 amide bonds. The lowest BCUT2D eigenvalue weighted by Crippen LogP contribution is -2.01. The minimum Gasteiger partial charge on any atom is -0.455 e. The monoisotopic (exact) mass is 651 g/mol. The van der Waals surface area contributed by atoms with Gasteiger partial charge >= 0.3 is 0 Å². The van der Waals surface area contributed by atoms with E-state index in [4.69, 9.17) is 19.4 Å². The zero-order chi connectivity index (χ0) is 33.7. The molecule has 0 saturated carbocycles. The third kappa shape index (κ3) is 5.04. The molecule has 0 unspecified atom stereocenters. The second-order valence-electron chi connectivity index (χ2n) is 12.8. The highest BCUT2D eigenvalue weighted by molar-refractivity contribution is 6.19. The number of benzene rings is 8. The van der Waals surface area contributed by atoms with Gasteiger partial charge in [0.15, 0.2) is 17.5 Å². The summed E-state index contributed by atoms with van der Waals surface area (Å²) in [5, 5.41) is 6.35. The summed E-state index contributed by atoms with van der Waals surface area (Å²) in [5.74, 6) is 1.86. The highest BCUT2D eigenvalue weighted by Crippen LogP contribution is 2.41. The van der Waals surface area contributed by atoms with Gasteiger partial charge < -0.3 is 4.42 Å². The summed E-state index contributed by atoms with van der Waals surface area (Å²) in [4.78, 5) is 15.6. The number of nitrogens with zero attached hydrogens (tertiary/aromatic N) is 3. The van der Waals surface area contributed by atoms with Crippen molar-refractivity contribution in [3.63, 3.8) is 0 Å². The third-order valence-corrected chi connectivity index (χ3v) is 9.74. The van der Waals surface area contributed by atoms with Crippen LogP contribution in [0, 0.1) is 0 Å². The van der Waals surface area contributed by atoms with E-state index in [0.717, 1.165) is 76.9 Å². The van der Waals surface area contributed by atoms with Crippen molar-refractivity contribution in [2.24, 2.45) is 0 Å². The lowest BCUT2D eigenvalue weighted by Gasteiger charge is -2.12. The molecule has 0 fully saturated rings. The molecule has 0 radical (unpaired) electrons. The number of hydrogen-bond acceptors (Lipinski definition) is 4. The molecule has 0 bridgehead atoms. The highest BCUT2D eigenvalue weighted by Gasteiger charge is 2.20. The summed E-state index contributed by atoms with van der Waals surface area (Å²) in [6, 6.07) is 61.0. The fourth-order valence-corrected chi connectivity index (χ4v) is 7.20. The Bertz CT molecular complexity index is 2890. The Morgan fingerprint density at radius 3 is 1.63 bits per heavy atom. The molecule has 4 nitrogen and oxygen atoms in total. The Balaban J connectivity index is 1.22. The van der Waals surface area contributed by atoms with Crippen LogP contribution in [-0.2, 0) is 0 Å². The first-order valence-corrected chi connectivity index (χ1v) is 17.1. The summed E-state index contributed by atoms with van der Waals surface area (Å²) in [6.45, 7) is 0. The van der Waals surface area contributed by atoms with Crippen molar-refractivity contribution >= 4 is 43.5 Å². The molecule has 8 aromatic carbocycles. The van der Waals surface area contributed by atoms with Gasteiger partial charge in [0.2, 0.25) is 0 Å². The first-order chi connectivity index (χ1) is 25.3. The van der Waals surface area contributed by atoms with E-state index >= 15 is 0 Å². The average molecular weight is 652 g/mol. The Kier molecular flexibility index (Phi) is 6.78. The van der Waals surface area contributed by atoms with Gasteiger partial charge in [-0.15, -0.1) is 0 Å². The zero-order valence-corrected chi connectivity index (χ0v) is 27.5. The maximum absolute atomic E-state index is 6.58. The predicted molar refractivity (Wildman–Crippen MR) is 209 cm³/mol. The Morgan fingerprint density at radius 1 is 0.314 bits per heavy atom. The molecule has 51 heavy (non-hydrogen) atoms. The van der Waals surface area contributed by atoms with Crippen molar-refractivity contribution in [3.8, 4) is 56.4 Å². The molecule has 0 aliphatic rings. The van der Waals surface area contributed by atoms with Gasteiger partial charge in [-0.1, -0.05) is 158 Å². The van der Waals surface area contributed by atoms with Crippen molar-refractivity contribution in [1.29, 1.82) is 0 Å². The number of rotatable bonds is 5. The summed E-state index contributed by atoms with van der Waals surface area (Å²) in [6.07, 6.45) is 0. The van der Waals surface area contributed by atoms with Crippen molar-refractivity contribution in [2.45, 2.75) is 0 Å². The van der Waals surface area contributed by atoms with Gasteiger partial charge in [0.25, 0.3) is 0 Å². The van der Waals surface area contributed by atoms with Crippen LogP contribution in [0.25, 0.3) is 99.9 Å². The van der Waals surface area contributed by atoms with Crippen LogP contribution in [0.3, 0.4) is 0 Å². The van der Waals surface area contributed by atoms with E-state index in [-0.39, 0.29) is 0 Å². The van der Waals surface area contributed by atoms with Crippen LogP contribution in [0.4, 0.5) is 0 Å². The van der Waals surface area contributed by atoms with Crippen LogP contribution in [0.5, 0.6) is 0 Å². The highest BCUT2D eigenvalue weighted by atomic mass is 16.3. The number of aromatic nitrogens is 3. The first-order valence-electron chi connectivity index (χ1n) is 17.1. The maximum atomic E-state index is 6.58. The minimum atomic E-state index is 0.613. The van der Waals surface area contributed by atoms with E-state index in [2.05, 4.69) is 164 Å². The van der Waals surface area contributed by atoms with E-state index in [1.165, 1.54) is 5.56 Å². The molecule has 0 aliphatic heterocycles. The lowest BCUT2D eigenvalue weighted by atomic mass is 9.98. The molecule has 0 N–H and O–H groups in total. The molecule has 4 heteroatoms. The van der Waals surface area contributed by atoms with Crippen LogP contribution < -0.4 is 0 Å². The van der Waals surface area contributed by atoms with Gasteiger partial charge in [-0.05, 0) is 56.6 Å². The van der Waals surface area contributed by atoms with Crippen molar-refractivity contribution in [3.05, 3.63) is 176 Å². The Morgan fingerprint density at radius 2 is 0.863 bits per heavy atom. The van der Waals surface area contributed by atoms with Gasteiger partial charge in [0.05, 0.1) is 0 Å². The van der Waals surface area contributed by atoms with E-state index in [1.54, 1.807) is 0 Å². The largest absolute Gasteiger partial charge is 0.455 e. The van der Waals surface area contributed by atoms with Crippen LogP contribution in [0.1, 0.15) is 0 Å². The zero-order valence-electron chi connectivity index (χ0n) is 27.5. The summed E-state index contributed by atoms with van der Waals surface area (Å²) >= 11 is 0. The molecule has 2 aromatic heterocycles. The lowest BCUT2D eigenvalue weighted by molar-refractivity contribution is 0.673. The molecular formula is C47H29N3O. The average Bonchev–Trinajstić information content (AvgIpc) is 3.59. The van der Waals surface area contributed by atoms with Crippen molar-refractivity contribution in [1.82, 2.24) is 15.0 Å². The standard InChI is InChI=1S/C47H29N3O/c1-3-12-30(13-4-1)32-22-24-34(25-23-32)45-48-46(39-21-11-17-33-16-7-8-18-36(33)39)50-47(49-45)42-29-41-40-28-35(31-14-5-2-6-15-31)26-27-43(40)51-44(41)38-20-10-9-19-37(38)42/h1-29H. The normalized spacial score (nSPS) is 11.5. The summed E-state index contributed by atoms with van der Waals surface area (Å²) in [7, 11) is 0. The summed E-state index contributed by atoms with van der Waals surface area (Å²) in [5.41, 5.74) is 9.12.